The lowest BCUT2D eigenvalue weighted by Gasteiger charge is -2.47. The van der Waals surface area contributed by atoms with Crippen molar-refractivity contribution in [1.82, 2.24) is 15.1 Å². The number of hydrogen-bond donors (Lipinski definition) is 2. The van der Waals surface area contributed by atoms with Gasteiger partial charge in [-0.2, -0.15) is 26.3 Å². The molecule has 2 aromatic carbocycles. The van der Waals surface area contributed by atoms with Gasteiger partial charge in [-0.15, -0.1) is 0 Å². The first-order chi connectivity index (χ1) is 18.9. The van der Waals surface area contributed by atoms with Crippen molar-refractivity contribution < 1.29 is 40.3 Å². The van der Waals surface area contributed by atoms with Crippen LogP contribution >= 0.6 is 0 Å². The molecular formula is C28H31F7N4O2. The molecule has 6 nitrogen and oxygen atoms in total. The summed E-state index contributed by atoms with van der Waals surface area (Å²) >= 11 is 0. The number of nitrogens with two attached hydrogens (primary N) is 1. The third-order valence-corrected chi connectivity index (χ3v) is 8.34. The smallest absolute Gasteiger partial charge is 0.368 e. The molecule has 0 radical (unpaired) electrons. The molecule has 2 aliphatic heterocycles. The van der Waals surface area contributed by atoms with Crippen molar-refractivity contribution in [3.8, 4) is 0 Å². The second kappa shape index (κ2) is 10.8. The molecule has 4 atom stereocenters. The third kappa shape index (κ3) is 6.29. The minimum absolute atomic E-state index is 0.0451. The predicted octanol–water partition coefficient (Wildman–Crippen LogP) is 6.10. The maximum atomic E-state index is 13.9. The van der Waals surface area contributed by atoms with Crippen LogP contribution in [-0.4, -0.2) is 46.9 Å². The van der Waals surface area contributed by atoms with E-state index in [9.17, 15) is 40.3 Å². The Balaban J connectivity index is 1.68. The maximum absolute atomic E-state index is 13.9. The largest absolute Gasteiger partial charge is 0.416 e. The minimum Gasteiger partial charge on any atom is -0.368 e. The number of urea groups is 1. The molecule has 224 valence electrons. The molecule has 13 heteroatoms. The summed E-state index contributed by atoms with van der Waals surface area (Å²) in [6, 6.07) is 2.49. The molecular weight excluding hydrogens is 557 g/mol. The van der Waals surface area contributed by atoms with Gasteiger partial charge in [-0.1, -0.05) is 6.07 Å². The Kier molecular flexibility index (Phi) is 8.07. The lowest BCUT2D eigenvalue weighted by atomic mass is 9.79. The van der Waals surface area contributed by atoms with E-state index in [0.717, 1.165) is 4.90 Å². The average molecular weight is 589 g/mol. The molecule has 0 aromatic heterocycles. The van der Waals surface area contributed by atoms with Gasteiger partial charge < -0.3 is 20.9 Å². The number of primary amides is 1. The van der Waals surface area contributed by atoms with Gasteiger partial charge in [0.15, 0.2) is 0 Å². The summed E-state index contributed by atoms with van der Waals surface area (Å²) in [5.74, 6) is -0.971. The SMILES string of the molecule is Cc1cc(F)ccc1[C@H]1C[C@]2(CC[C@H](C(N)=O)N2)CCN1C(=O)N(C)C(C)c1cc(C(F)(F)F)cc(C(F)(F)F)c1. The Morgan fingerprint density at radius 3 is 2.17 bits per heavy atom. The summed E-state index contributed by atoms with van der Waals surface area (Å²) in [5.41, 5.74) is 2.91. The van der Waals surface area contributed by atoms with Gasteiger partial charge in [-0.3, -0.25) is 4.79 Å². The first-order valence-electron chi connectivity index (χ1n) is 13.1. The number of carbonyl (C=O) groups excluding carboxylic acids is 2. The molecule has 2 saturated heterocycles. The Bertz CT molecular complexity index is 1300. The van der Waals surface area contributed by atoms with Crippen molar-refractivity contribution in [3.05, 3.63) is 70.0 Å². The van der Waals surface area contributed by atoms with Crippen LogP contribution in [0, 0.1) is 12.7 Å². The number of nitrogens with one attached hydrogen (secondary N) is 1. The van der Waals surface area contributed by atoms with Gasteiger partial charge in [0.05, 0.1) is 29.3 Å². The Morgan fingerprint density at radius 2 is 1.66 bits per heavy atom. The van der Waals surface area contributed by atoms with Crippen molar-refractivity contribution in [2.45, 2.75) is 75.5 Å². The van der Waals surface area contributed by atoms with Gasteiger partial charge in [0.1, 0.15) is 5.82 Å². The van der Waals surface area contributed by atoms with Gasteiger partial charge in [-0.25, -0.2) is 9.18 Å². The summed E-state index contributed by atoms with van der Waals surface area (Å²) in [7, 11) is 1.32. The molecule has 3 amide bonds. The number of piperidine rings is 1. The highest BCUT2D eigenvalue weighted by atomic mass is 19.4. The third-order valence-electron chi connectivity index (χ3n) is 8.34. The van der Waals surface area contributed by atoms with Gasteiger partial charge in [0, 0.05) is 19.1 Å². The zero-order valence-corrected chi connectivity index (χ0v) is 22.7. The highest BCUT2D eigenvalue weighted by Gasteiger charge is 2.48. The van der Waals surface area contributed by atoms with Crippen LogP contribution < -0.4 is 11.1 Å². The van der Waals surface area contributed by atoms with E-state index >= 15 is 0 Å². The number of hydrogen-bond acceptors (Lipinski definition) is 3. The molecule has 0 aliphatic carbocycles. The van der Waals surface area contributed by atoms with E-state index in [1.165, 1.54) is 31.0 Å². The van der Waals surface area contributed by atoms with E-state index in [1.54, 1.807) is 13.0 Å². The highest BCUT2D eigenvalue weighted by Crippen LogP contribution is 2.44. The summed E-state index contributed by atoms with van der Waals surface area (Å²) in [6.45, 7) is 3.21. The number of aryl methyl sites for hydroxylation is 1. The fourth-order valence-corrected chi connectivity index (χ4v) is 5.91. The van der Waals surface area contributed by atoms with Crippen molar-refractivity contribution >= 4 is 11.9 Å². The number of benzene rings is 2. The van der Waals surface area contributed by atoms with Gasteiger partial charge in [0.25, 0.3) is 0 Å². The molecule has 3 N–H and O–H groups in total. The van der Waals surface area contributed by atoms with Gasteiger partial charge in [-0.05, 0) is 86.6 Å². The Morgan fingerprint density at radius 1 is 1.05 bits per heavy atom. The Labute approximate surface area is 232 Å². The fraction of sp³-hybridized carbons (Fsp3) is 0.500. The van der Waals surface area contributed by atoms with Crippen molar-refractivity contribution in [2.75, 3.05) is 13.6 Å². The molecule has 2 aromatic rings. The molecule has 4 rings (SSSR count). The van der Waals surface area contributed by atoms with Crippen LogP contribution in [0.2, 0.25) is 0 Å². The number of alkyl halides is 6. The van der Waals surface area contributed by atoms with Crippen molar-refractivity contribution in [1.29, 1.82) is 0 Å². The van der Waals surface area contributed by atoms with Crippen molar-refractivity contribution in [2.24, 2.45) is 5.73 Å². The standard InChI is InChI=1S/C28H31F7N4O2/c1-15-10-20(29)4-5-21(15)23-14-26(7-6-22(37-26)24(36)40)8-9-39(23)25(41)38(3)16(2)17-11-18(27(30,31)32)13-19(12-17)28(33,34)35/h4-5,10-13,16,22-23,37H,6-9,14H2,1-3H3,(H2,36,40)/t16?,22-,23-,26+/m1/s1. The topological polar surface area (TPSA) is 78.7 Å². The molecule has 2 heterocycles. The van der Waals surface area contributed by atoms with E-state index in [0.29, 0.717) is 48.9 Å². The first-order valence-corrected chi connectivity index (χ1v) is 13.1. The second-order valence-electron chi connectivity index (χ2n) is 11.0. The molecule has 1 unspecified atom stereocenters. The summed E-state index contributed by atoms with van der Waals surface area (Å²) in [6.07, 6.45) is -8.16. The van der Waals surface area contributed by atoms with E-state index in [2.05, 4.69) is 5.32 Å². The fourth-order valence-electron chi connectivity index (χ4n) is 5.91. The van der Waals surface area contributed by atoms with Crippen LogP contribution in [0.5, 0.6) is 0 Å². The molecule has 1 spiro atoms. The van der Waals surface area contributed by atoms with Crippen LogP contribution in [0.15, 0.2) is 36.4 Å². The second-order valence-corrected chi connectivity index (χ2v) is 11.0. The molecule has 2 aliphatic rings. The molecule has 2 fully saturated rings. The number of halogens is 7. The van der Waals surface area contributed by atoms with Crippen LogP contribution in [0.3, 0.4) is 0 Å². The van der Waals surface area contributed by atoms with Crippen LogP contribution in [0.1, 0.15) is 72.5 Å². The predicted molar refractivity (Wildman–Crippen MR) is 136 cm³/mol. The minimum atomic E-state index is -5.03. The van der Waals surface area contributed by atoms with Gasteiger partial charge >= 0.3 is 18.4 Å². The van der Waals surface area contributed by atoms with Crippen LogP contribution in [0.4, 0.5) is 35.5 Å². The summed E-state index contributed by atoms with van der Waals surface area (Å²) in [5, 5.41) is 3.30. The Hall–Kier alpha value is -3.35. The number of nitrogens with zero attached hydrogens (tertiary/aromatic N) is 2. The summed E-state index contributed by atoms with van der Waals surface area (Å²) < 4.78 is 94.7. The summed E-state index contributed by atoms with van der Waals surface area (Å²) in [4.78, 5) is 28.3. The van der Waals surface area contributed by atoms with E-state index < -0.39 is 64.9 Å². The molecule has 41 heavy (non-hydrogen) atoms. The van der Waals surface area contributed by atoms with E-state index in [-0.39, 0.29) is 18.2 Å². The zero-order chi connectivity index (χ0) is 30.5. The monoisotopic (exact) mass is 588 g/mol. The number of amides is 3. The number of likely N-dealkylation sites (tertiary alicyclic amines) is 1. The van der Waals surface area contributed by atoms with Crippen molar-refractivity contribution in [3.63, 3.8) is 0 Å². The van der Waals surface area contributed by atoms with Crippen LogP contribution in [0.25, 0.3) is 0 Å². The molecule has 0 saturated carbocycles. The highest BCUT2D eigenvalue weighted by molar-refractivity contribution is 5.80. The lowest BCUT2D eigenvalue weighted by molar-refractivity contribution is -0.143. The quantitative estimate of drug-likeness (QED) is 0.424. The lowest BCUT2D eigenvalue weighted by Crippen LogP contribution is -2.57. The van der Waals surface area contributed by atoms with E-state index in [1.807, 2.05) is 0 Å². The first kappa shape index (κ1) is 30.6. The van der Waals surface area contributed by atoms with Gasteiger partial charge in [0.2, 0.25) is 5.91 Å². The number of carbonyl (C=O) groups is 2. The normalized spacial score (nSPS) is 24.0. The number of rotatable bonds is 4. The maximum Gasteiger partial charge on any atom is 0.416 e. The van der Waals surface area contributed by atoms with Crippen LogP contribution in [-0.2, 0) is 17.1 Å². The average Bonchev–Trinajstić information content (AvgIpc) is 3.29. The zero-order valence-electron chi connectivity index (χ0n) is 22.7. The molecule has 0 bridgehead atoms. The van der Waals surface area contributed by atoms with E-state index in [4.69, 9.17) is 5.73 Å².